The standard InChI is InChI=1S/C16H21N5O2.C13H16N2O3/c1-4-9-21(3)16(22)20-15-10-12(7-8-18-15)23-13-5-6-14(17-2)19-11-13;1-2-14-15(12-6-4-3-5-7-12)13(18)11(10-17)8-9-16/h5-8,10-11H,4,9H2,1-3H3,(H,17,19)(H,18,20,22);3-8,10,14,16H,2,9H2,1H3/b;11-8+. The fourth-order valence-corrected chi connectivity index (χ4v) is 3.34. The summed E-state index contributed by atoms with van der Waals surface area (Å²) in [6.45, 7) is 4.73. The van der Waals surface area contributed by atoms with Gasteiger partial charge in [0.25, 0.3) is 5.91 Å². The Morgan fingerprint density at radius 1 is 1.02 bits per heavy atom. The first-order chi connectivity index (χ1) is 19.9. The van der Waals surface area contributed by atoms with Crippen molar-refractivity contribution >= 4 is 35.5 Å². The minimum atomic E-state index is -0.493. The number of ether oxygens (including phenoxy) is 1. The van der Waals surface area contributed by atoms with Crippen molar-refractivity contribution in [2.24, 2.45) is 0 Å². The molecule has 0 aliphatic rings. The number of hydrogen-bond acceptors (Lipinski definition) is 9. The minimum absolute atomic E-state index is 0.0812. The molecule has 0 radical (unpaired) electrons. The van der Waals surface area contributed by atoms with Gasteiger partial charge < -0.3 is 20.1 Å². The quantitative estimate of drug-likeness (QED) is 0.0847. The second-order valence-electron chi connectivity index (χ2n) is 8.41. The first-order valence-corrected chi connectivity index (χ1v) is 13.1. The van der Waals surface area contributed by atoms with Crippen molar-refractivity contribution in [3.05, 3.63) is 78.6 Å². The number of aromatic nitrogens is 2. The lowest BCUT2D eigenvalue weighted by molar-refractivity contribution is -0.117. The van der Waals surface area contributed by atoms with E-state index in [1.165, 1.54) is 11.1 Å². The van der Waals surface area contributed by atoms with Crippen LogP contribution >= 0.6 is 0 Å². The molecule has 4 N–H and O–H groups in total. The molecule has 0 aliphatic carbocycles. The maximum Gasteiger partial charge on any atom is 0.322 e. The van der Waals surface area contributed by atoms with E-state index in [2.05, 4.69) is 26.0 Å². The molecule has 3 rings (SSSR count). The number of nitrogens with zero attached hydrogens (tertiary/aromatic N) is 4. The number of aliphatic hydroxyl groups is 1. The average molecular weight is 564 g/mol. The zero-order chi connectivity index (χ0) is 30.0. The molecule has 218 valence electrons. The lowest BCUT2D eigenvalue weighted by Gasteiger charge is -2.22. The number of aliphatic hydroxyl groups excluding tert-OH is 1. The van der Waals surface area contributed by atoms with Gasteiger partial charge in [-0.25, -0.2) is 25.2 Å². The molecule has 0 aliphatic heterocycles. The highest BCUT2D eigenvalue weighted by molar-refractivity contribution is 6.17. The Hall–Kier alpha value is -4.81. The maximum absolute atomic E-state index is 12.1. The summed E-state index contributed by atoms with van der Waals surface area (Å²) in [4.78, 5) is 44.8. The highest BCUT2D eigenvalue weighted by atomic mass is 16.5. The molecule has 12 nitrogen and oxygen atoms in total. The molecule has 0 saturated heterocycles. The Morgan fingerprint density at radius 3 is 2.37 bits per heavy atom. The third-order valence-corrected chi connectivity index (χ3v) is 5.32. The number of nitrogens with one attached hydrogen (secondary N) is 3. The van der Waals surface area contributed by atoms with Crippen molar-refractivity contribution < 1.29 is 24.2 Å². The van der Waals surface area contributed by atoms with Gasteiger partial charge in [0.2, 0.25) is 0 Å². The van der Waals surface area contributed by atoms with Crippen molar-refractivity contribution in [2.75, 3.05) is 49.4 Å². The Bertz CT molecular complexity index is 1270. The van der Waals surface area contributed by atoms with Gasteiger partial charge in [-0.3, -0.25) is 14.9 Å². The van der Waals surface area contributed by atoms with Crippen molar-refractivity contribution in [1.82, 2.24) is 20.3 Å². The van der Waals surface area contributed by atoms with E-state index < -0.39 is 5.91 Å². The number of pyridine rings is 2. The maximum atomic E-state index is 12.1. The van der Waals surface area contributed by atoms with Crippen LogP contribution in [0.1, 0.15) is 20.3 Å². The van der Waals surface area contributed by atoms with Gasteiger partial charge in [0.15, 0.2) is 6.29 Å². The van der Waals surface area contributed by atoms with Crippen molar-refractivity contribution in [3.63, 3.8) is 0 Å². The van der Waals surface area contributed by atoms with E-state index in [0.717, 1.165) is 12.2 Å². The van der Waals surface area contributed by atoms with Crippen LogP contribution in [0.2, 0.25) is 0 Å². The summed E-state index contributed by atoms with van der Waals surface area (Å²) >= 11 is 0. The molecule has 3 amide bonds. The molecule has 0 bridgehead atoms. The van der Waals surface area contributed by atoms with E-state index in [-0.39, 0.29) is 18.2 Å². The lowest BCUT2D eigenvalue weighted by atomic mass is 10.2. The van der Waals surface area contributed by atoms with Crippen LogP contribution in [-0.4, -0.2) is 72.0 Å². The number of aldehydes is 1. The van der Waals surface area contributed by atoms with Crippen LogP contribution in [0.3, 0.4) is 0 Å². The summed E-state index contributed by atoms with van der Waals surface area (Å²) in [7, 11) is 3.55. The topological polar surface area (TPSA) is 149 Å². The molecule has 41 heavy (non-hydrogen) atoms. The summed E-state index contributed by atoms with van der Waals surface area (Å²) in [6.07, 6.45) is 5.73. The molecule has 0 spiro atoms. The number of carbonyl (C=O) groups is 3. The van der Waals surface area contributed by atoms with Gasteiger partial charge in [-0.05, 0) is 42.8 Å². The Labute approximate surface area is 240 Å². The molecule has 2 heterocycles. The third-order valence-electron chi connectivity index (χ3n) is 5.32. The van der Waals surface area contributed by atoms with E-state index in [1.807, 2.05) is 32.0 Å². The Kier molecular flexibility index (Phi) is 14.0. The molecule has 0 unspecified atom stereocenters. The van der Waals surface area contributed by atoms with Gasteiger partial charge in [-0.1, -0.05) is 32.0 Å². The first kappa shape index (κ1) is 32.4. The summed E-state index contributed by atoms with van der Waals surface area (Å²) in [5, 5.41) is 15.7. The van der Waals surface area contributed by atoms with E-state index in [9.17, 15) is 14.4 Å². The number of anilines is 3. The average Bonchev–Trinajstić information content (AvgIpc) is 3.00. The van der Waals surface area contributed by atoms with Gasteiger partial charge in [0.1, 0.15) is 23.1 Å². The normalized spacial score (nSPS) is 10.5. The number of amides is 3. The Morgan fingerprint density at radius 2 is 1.78 bits per heavy atom. The molecule has 0 saturated carbocycles. The minimum Gasteiger partial charge on any atom is -0.456 e. The van der Waals surface area contributed by atoms with Gasteiger partial charge in [0, 0.05) is 39.4 Å². The monoisotopic (exact) mass is 563 g/mol. The predicted molar refractivity (Wildman–Crippen MR) is 159 cm³/mol. The number of hydrazine groups is 1. The van der Waals surface area contributed by atoms with Crippen molar-refractivity contribution in [1.29, 1.82) is 0 Å². The number of para-hydroxylation sites is 1. The molecular formula is C29H37N7O5. The fourth-order valence-electron chi connectivity index (χ4n) is 3.34. The fraction of sp³-hybridized carbons (Fsp3) is 0.276. The van der Waals surface area contributed by atoms with Gasteiger partial charge in [0.05, 0.1) is 24.1 Å². The summed E-state index contributed by atoms with van der Waals surface area (Å²) in [5.74, 6) is 1.89. The third kappa shape index (κ3) is 10.7. The molecule has 3 aromatic rings. The van der Waals surface area contributed by atoms with Crippen LogP contribution in [0.25, 0.3) is 0 Å². The number of rotatable bonds is 12. The van der Waals surface area contributed by atoms with Crippen LogP contribution in [0.4, 0.5) is 22.1 Å². The van der Waals surface area contributed by atoms with Gasteiger partial charge in [-0.15, -0.1) is 0 Å². The molecule has 1 aromatic carbocycles. The predicted octanol–water partition coefficient (Wildman–Crippen LogP) is 3.85. The lowest BCUT2D eigenvalue weighted by Crippen LogP contribution is -2.44. The van der Waals surface area contributed by atoms with E-state index in [1.54, 1.807) is 67.8 Å². The molecule has 0 fully saturated rings. The van der Waals surface area contributed by atoms with Crippen LogP contribution < -0.4 is 25.8 Å². The smallest absolute Gasteiger partial charge is 0.322 e. The van der Waals surface area contributed by atoms with Crippen LogP contribution in [0, 0.1) is 0 Å². The largest absolute Gasteiger partial charge is 0.456 e. The number of urea groups is 1. The molecule has 2 aromatic heterocycles. The summed E-state index contributed by atoms with van der Waals surface area (Å²) in [6, 6.07) is 15.8. The highest BCUT2D eigenvalue weighted by Crippen LogP contribution is 2.23. The van der Waals surface area contributed by atoms with E-state index >= 15 is 0 Å². The molecule has 0 atom stereocenters. The van der Waals surface area contributed by atoms with Gasteiger partial charge >= 0.3 is 6.03 Å². The van der Waals surface area contributed by atoms with E-state index in [0.29, 0.717) is 42.4 Å². The highest BCUT2D eigenvalue weighted by Gasteiger charge is 2.18. The van der Waals surface area contributed by atoms with E-state index in [4.69, 9.17) is 9.84 Å². The Balaban J connectivity index is 0.000000296. The second-order valence-corrected chi connectivity index (χ2v) is 8.41. The second kappa shape index (κ2) is 17.7. The van der Waals surface area contributed by atoms with Crippen molar-refractivity contribution in [3.8, 4) is 11.5 Å². The van der Waals surface area contributed by atoms with Crippen LogP contribution in [0.5, 0.6) is 11.5 Å². The number of carbonyl (C=O) groups excluding carboxylic acids is 3. The molecule has 12 heteroatoms. The number of benzene rings is 1. The van der Waals surface area contributed by atoms with Gasteiger partial charge in [-0.2, -0.15) is 0 Å². The van der Waals surface area contributed by atoms with Crippen molar-refractivity contribution in [2.45, 2.75) is 20.3 Å². The zero-order valence-corrected chi connectivity index (χ0v) is 23.7. The van der Waals surface area contributed by atoms with Crippen LogP contribution in [-0.2, 0) is 9.59 Å². The zero-order valence-electron chi connectivity index (χ0n) is 23.7. The summed E-state index contributed by atoms with van der Waals surface area (Å²) < 4.78 is 5.71. The first-order valence-electron chi connectivity index (χ1n) is 13.1. The molecular weight excluding hydrogens is 526 g/mol. The van der Waals surface area contributed by atoms with Crippen LogP contribution in [0.15, 0.2) is 78.6 Å². The summed E-state index contributed by atoms with van der Waals surface area (Å²) in [5.41, 5.74) is 3.43. The SMILES string of the molecule is CCCN(C)C(=O)Nc1cc(Oc2ccc(NC)nc2)ccn1.CCNN(C(=O)/C(C=O)=C/CO)c1ccccc1. The number of hydrogen-bond donors (Lipinski definition) is 4.